The second kappa shape index (κ2) is 4.98. The molecule has 1 aliphatic rings. The Morgan fingerprint density at radius 1 is 1.22 bits per heavy atom. The first-order chi connectivity index (χ1) is 8.74. The maximum absolute atomic E-state index is 12.3. The molecule has 0 atom stereocenters. The fraction of sp³-hybridized carbons (Fsp3) is 0.267. The van der Waals surface area contributed by atoms with E-state index in [4.69, 9.17) is 0 Å². The van der Waals surface area contributed by atoms with Gasteiger partial charge in [0.2, 0.25) is 0 Å². The summed E-state index contributed by atoms with van der Waals surface area (Å²) in [6, 6.07) is 10.0. The molecule has 18 heavy (non-hydrogen) atoms. The largest absolute Gasteiger partial charge is 0.289 e. The summed E-state index contributed by atoms with van der Waals surface area (Å²) < 4.78 is 1.00. The van der Waals surface area contributed by atoms with Gasteiger partial charge in [-0.15, -0.1) is 11.3 Å². The average molecular weight is 321 g/mol. The number of benzene rings is 1. The topological polar surface area (TPSA) is 17.1 Å². The number of ketones is 1. The van der Waals surface area contributed by atoms with Gasteiger partial charge in [0, 0.05) is 16.5 Å². The zero-order chi connectivity index (χ0) is 12.5. The molecule has 0 amide bonds. The van der Waals surface area contributed by atoms with E-state index < -0.39 is 0 Å². The highest BCUT2D eigenvalue weighted by Crippen LogP contribution is 2.36. The van der Waals surface area contributed by atoms with Gasteiger partial charge in [0.05, 0.1) is 3.79 Å². The predicted molar refractivity (Wildman–Crippen MR) is 78.5 cm³/mol. The molecular formula is C15H13BrOS. The van der Waals surface area contributed by atoms with Gasteiger partial charge in [0.15, 0.2) is 5.78 Å². The third-order valence-corrected chi connectivity index (χ3v) is 5.06. The molecule has 0 N–H and O–H groups in total. The molecule has 1 aromatic heterocycles. The van der Waals surface area contributed by atoms with Crippen molar-refractivity contribution in [2.45, 2.75) is 25.2 Å². The SMILES string of the molecule is O=C(c1cccc(C2CCC2)c1)c1csc(Br)c1. The highest BCUT2D eigenvalue weighted by atomic mass is 79.9. The molecule has 1 aliphatic carbocycles. The summed E-state index contributed by atoms with van der Waals surface area (Å²) >= 11 is 4.95. The Kier molecular flexibility index (Phi) is 3.35. The van der Waals surface area contributed by atoms with E-state index in [0.717, 1.165) is 14.9 Å². The molecule has 3 rings (SSSR count). The molecule has 92 valence electrons. The predicted octanol–water partition coefficient (Wildman–Crippen LogP) is 5.01. The minimum atomic E-state index is 0.123. The Labute approximate surface area is 119 Å². The Morgan fingerprint density at radius 2 is 2.06 bits per heavy atom. The van der Waals surface area contributed by atoms with Crippen LogP contribution < -0.4 is 0 Å². The van der Waals surface area contributed by atoms with Crippen molar-refractivity contribution < 1.29 is 4.79 Å². The van der Waals surface area contributed by atoms with Crippen LogP contribution in [-0.2, 0) is 0 Å². The van der Waals surface area contributed by atoms with Crippen LogP contribution in [0.2, 0.25) is 0 Å². The fourth-order valence-electron chi connectivity index (χ4n) is 2.27. The maximum atomic E-state index is 12.3. The van der Waals surface area contributed by atoms with Crippen LogP contribution in [0, 0.1) is 0 Å². The van der Waals surface area contributed by atoms with E-state index in [2.05, 4.69) is 28.1 Å². The van der Waals surface area contributed by atoms with E-state index in [-0.39, 0.29) is 5.78 Å². The second-order valence-electron chi connectivity index (χ2n) is 4.72. The lowest BCUT2D eigenvalue weighted by atomic mass is 9.79. The molecule has 2 aromatic rings. The van der Waals surface area contributed by atoms with E-state index in [9.17, 15) is 4.79 Å². The van der Waals surface area contributed by atoms with Crippen molar-refractivity contribution in [1.29, 1.82) is 0 Å². The van der Waals surface area contributed by atoms with Crippen molar-refractivity contribution in [2.24, 2.45) is 0 Å². The van der Waals surface area contributed by atoms with Gasteiger partial charge in [-0.1, -0.05) is 24.6 Å². The summed E-state index contributed by atoms with van der Waals surface area (Å²) in [5.41, 5.74) is 2.91. The van der Waals surface area contributed by atoms with Crippen molar-refractivity contribution in [3.05, 3.63) is 56.2 Å². The van der Waals surface area contributed by atoms with Gasteiger partial charge in [-0.05, 0) is 52.4 Å². The second-order valence-corrected chi connectivity index (χ2v) is 7.01. The first kappa shape index (κ1) is 12.1. The summed E-state index contributed by atoms with van der Waals surface area (Å²) in [6.45, 7) is 0. The van der Waals surface area contributed by atoms with Gasteiger partial charge >= 0.3 is 0 Å². The van der Waals surface area contributed by atoms with Crippen LogP contribution in [0.1, 0.15) is 46.7 Å². The van der Waals surface area contributed by atoms with Crippen LogP contribution in [0.15, 0.2) is 39.5 Å². The minimum absolute atomic E-state index is 0.123. The number of hydrogen-bond acceptors (Lipinski definition) is 2. The number of hydrogen-bond donors (Lipinski definition) is 0. The molecule has 1 heterocycles. The summed E-state index contributed by atoms with van der Waals surface area (Å²) in [4.78, 5) is 12.3. The number of halogens is 1. The van der Waals surface area contributed by atoms with Crippen molar-refractivity contribution in [2.75, 3.05) is 0 Å². The van der Waals surface area contributed by atoms with E-state index in [1.807, 2.05) is 23.6 Å². The molecule has 0 aliphatic heterocycles. The Morgan fingerprint density at radius 3 is 2.67 bits per heavy atom. The van der Waals surface area contributed by atoms with Crippen LogP contribution in [-0.4, -0.2) is 5.78 Å². The fourth-order valence-corrected chi connectivity index (χ4v) is 3.41. The molecule has 1 saturated carbocycles. The van der Waals surface area contributed by atoms with E-state index in [1.54, 1.807) is 11.3 Å². The number of rotatable bonds is 3. The van der Waals surface area contributed by atoms with Crippen molar-refractivity contribution >= 4 is 33.0 Å². The molecule has 0 spiro atoms. The lowest BCUT2D eigenvalue weighted by Gasteiger charge is -2.26. The van der Waals surface area contributed by atoms with Crippen molar-refractivity contribution in [3.63, 3.8) is 0 Å². The molecule has 1 aromatic carbocycles. The quantitative estimate of drug-likeness (QED) is 0.726. The molecule has 0 bridgehead atoms. The van der Waals surface area contributed by atoms with Gasteiger partial charge in [-0.3, -0.25) is 4.79 Å². The summed E-state index contributed by atoms with van der Waals surface area (Å²) in [6.07, 6.45) is 3.85. The lowest BCUT2D eigenvalue weighted by molar-refractivity contribution is 0.103. The zero-order valence-electron chi connectivity index (χ0n) is 9.86. The summed E-state index contributed by atoms with van der Waals surface area (Å²) in [5.74, 6) is 0.796. The van der Waals surface area contributed by atoms with E-state index in [1.165, 1.54) is 24.8 Å². The Hall–Kier alpha value is -0.930. The third-order valence-electron chi connectivity index (χ3n) is 3.56. The molecule has 1 fully saturated rings. The smallest absolute Gasteiger partial charge is 0.193 e. The van der Waals surface area contributed by atoms with Crippen molar-refractivity contribution in [1.82, 2.24) is 0 Å². The first-order valence-corrected chi connectivity index (χ1v) is 7.80. The van der Waals surface area contributed by atoms with E-state index >= 15 is 0 Å². The Balaban J connectivity index is 1.89. The monoisotopic (exact) mass is 320 g/mol. The van der Waals surface area contributed by atoms with Crippen molar-refractivity contribution in [3.8, 4) is 0 Å². The molecule has 0 saturated heterocycles. The van der Waals surface area contributed by atoms with Gasteiger partial charge < -0.3 is 0 Å². The lowest BCUT2D eigenvalue weighted by Crippen LogP contribution is -2.10. The van der Waals surface area contributed by atoms with Gasteiger partial charge in [-0.2, -0.15) is 0 Å². The maximum Gasteiger partial charge on any atom is 0.193 e. The van der Waals surface area contributed by atoms with Gasteiger partial charge in [0.25, 0.3) is 0 Å². The van der Waals surface area contributed by atoms with Crippen LogP contribution >= 0.6 is 27.3 Å². The average Bonchev–Trinajstić information content (AvgIpc) is 2.73. The Bertz CT molecular complexity index is 584. The molecular weight excluding hydrogens is 308 g/mol. The minimum Gasteiger partial charge on any atom is -0.289 e. The first-order valence-electron chi connectivity index (χ1n) is 6.13. The molecule has 0 unspecified atom stereocenters. The van der Waals surface area contributed by atoms with Crippen LogP contribution in [0.25, 0.3) is 0 Å². The molecule has 0 radical (unpaired) electrons. The normalized spacial score (nSPS) is 15.4. The number of thiophene rings is 1. The number of carbonyl (C=O) groups excluding carboxylic acids is 1. The molecule has 3 heteroatoms. The van der Waals surface area contributed by atoms with Crippen LogP contribution in [0.4, 0.5) is 0 Å². The highest BCUT2D eigenvalue weighted by molar-refractivity contribution is 9.11. The highest BCUT2D eigenvalue weighted by Gasteiger charge is 2.20. The summed E-state index contributed by atoms with van der Waals surface area (Å²) in [7, 11) is 0. The van der Waals surface area contributed by atoms with Crippen LogP contribution in [0.5, 0.6) is 0 Å². The van der Waals surface area contributed by atoms with E-state index in [0.29, 0.717) is 5.92 Å². The standard InChI is InChI=1S/C15H13BrOS/c16-14-8-13(9-18-14)15(17)12-6-2-5-11(7-12)10-3-1-4-10/h2,5-10H,1,3-4H2. The van der Waals surface area contributed by atoms with Crippen LogP contribution in [0.3, 0.4) is 0 Å². The third kappa shape index (κ3) is 2.29. The molecule has 1 nitrogen and oxygen atoms in total. The van der Waals surface area contributed by atoms with Gasteiger partial charge in [0.1, 0.15) is 0 Å². The van der Waals surface area contributed by atoms with Gasteiger partial charge in [-0.25, -0.2) is 0 Å². The zero-order valence-corrected chi connectivity index (χ0v) is 12.3. The summed E-state index contributed by atoms with van der Waals surface area (Å²) in [5, 5.41) is 1.91. The number of carbonyl (C=O) groups is 1.